The first kappa shape index (κ1) is 46.7. The lowest BCUT2D eigenvalue weighted by Gasteiger charge is -2.17. The quantitative estimate of drug-likeness (QED) is 0.0470. The van der Waals surface area contributed by atoms with Gasteiger partial charge >= 0.3 is 0 Å². The maximum atomic E-state index is 6.35. The van der Waals surface area contributed by atoms with Crippen LogP contribution >= 0.6 is 19.0 Å². The molecule has 0 aliphatic carbocycles. The summed E-state index contributed by atoms with van der Waals surface area (Å²) in [6.45, 7) is 8.71. The molecule has 0 amide bonds. The van der Waals surface area contributed by atoms with Gasteiger partial charge in [0.2, 0.25) is 7.58 Å². The SMILES string of the molecule is CCCCCCCCCCCCCCOP(OCCCCCCCCCCCCCC)SCCCCCCCCCCCCCC. The maximum absolute atomic E-state index is 6.35. The Morgan fingerprint density at radius 3 is 0.761 bits per heavy atom. The molecule has 0 atom stereocenters. The Labute approximate surface area is 297 Å². The summed E-state index contributed by atoms with van der Waals surface area (Å²) in [7, 11) is -0.762. The third-order valence-corrected chi connectivity index (χ3v) is 12.9. The van der Waals surface area contributed by atoms with Gasteiger partial charge in [-0.1, -0.05) is 244 Å². The molecule has 0 heterocycles. The van der Waals surface area contributed by atoms with Crippen molar-refractivity contribution in [3.05, 3.63) is 0 Å². The molecule has 0 aromatic carbocycles. The monoisotopic (exact) mass is 687 g/mol. The van der Waals surface area contributed by atoms with Gasteiger partial charge < -0.3 is 9.05 Å². The van der Waals surface area contributed by atoms with Crippen LogP contribution in [0.1, 0.15) is 252 Å². The Kier molecular flexibility index (Phi) is 44.4. The summed E-state index contributed by atoms with van der Waals surface area (Å²) in [5.41, 5.74) is 0. The van der Waals surface area contributed by atoms with Gasteiger partial charge in [0.1, 0.15) is 0 Å². The fourth-order valence-electron chi connectivity index (χ4n) is 6.36. The molecule has 0 aliphatic rings. The second-order valence-electron chi connectivity index (χ2n) is 14.4. The predicted octanol–water partition coefficient (Wildman–Crippen LogP) is 17.1. The van der Waals surface area contributed by atoms with Gasteiger partial charge in [0.25, 0.3) is 0 Å². The van der Waals surface area contributed by atoms with Crippen molar-refractivity contribution >= 4 is 19.0 Å². The van der Waals surface area contributed by atoms with Gasteiger partial charge in [0.15, 0.2) is 0 Å². The third kappa shape index (κ3) is 40.9. The van der Waals surface area contributed by atoms with Crippen molar-refractivity contribution in [3.63, 3.8) is 0 Å². The lowest BCUT2D eigenvalue weighted by atomic mass is 10.1. The van der Waals surface area contributed by atoms with E-state index in [1.807, 2.05) is 11.4 Å². The van der Waals surface area contributed by atoms with E-state index in [1.165, 1.54) is 237 Å². The molecule has 0 rings (SSSR count). The molecule has 0 saturated carbocycles. The van der Waals surface area contributed by atoms with Gasteiger partial charge in [-0.05, 0) is 19.3 Å². The van der Waals surface area contributed by atoms with Crippen molar-refractivity contribution in [1.82, 2.24) is 0 Å². The van der Waals surface area contributed by atoms with Crippen molar-refractivity contribution in [2.75, 3.05) is 19.0 Å². The molecule has 0 bridgehead atoms. The average molecular weight is 687 g/mol. The van der Waals surface area contributed by atoms with Gasteiger partial charge in [-0.3, -0.25) is 0 Å². The van der Waals surface area contributed by atoms with Gasteiger partial charge in [-0.25, -0.2) is 0 Å². The Balaban J connectivity index is 3.91. The van der Waals surface area contributed by atoms with Crippen LogP contribution in [0, 0.1) is 0 Å². The van der Waals surface area contributed by atoms with Crippen LogP contribution in [0.2, 0.25) is 0 Å². The highest BCUT2D eigenvalue weighted by Crippen LogP contribution is 2.52. The van der Waals surface area contributed by atoms with Gasteiger partial charge in [0, 0.05) is 5.75 Å². The summed E-state index contributed by atoms with van der Waals surface area (Å²) in [5, 5.41) is 0. The molecule has 0 unspecified atom stereocenters. The first-order valence-electron chi connectivity index (χ1n) is 21.5. The zero-order valence-corrected chi connectivity index (χ0v) is 34.0. The van der Waals surface area contributed by atoms with Crippen LogP contribution in [0.15, 0.2) is 0 Å². The van der Waals surface area contributed by atoms with Crippen molar-refractivity contribution in [2.45, 2.75) is 252 Å². The van der Waals surface area contributed by atoms with E-state index >= 15 is 0 Å². The molecule has 0 spiro atoms. The van der Waals surface area contributed by atoms with Crippen molar-refractivity contribution in [1.29, 1.82) is 0 Å². The Bertz CT molecular complexity index is 449. The normalized spacial score (nSPS) is 11.7. The molecule has 0 aromatic heterocycles. The summed E-state index contributed by atoms with van der Waals surface area (Å²) in [6.07, 6.45) is 50.6. The van der Waals surface area contributed by atoms with E-state index in [0.29, 0.717) is 0 Å². The molecule has 278 valence electrons. The standard InChI is InChI=1S/C42H87O2PS/c1-4-7-10-13-16-19-22-25-28-31-34-37-40-43-45(44-41-38-35-32-29-26-23-20-17-14-11-8-5-2)46-42-39-36-33-30-27-24-21-18-15-12-9-6-3/h4-42H2,1-3H3. The summed E-state index contributed by atoms with van der Waals surface area (Å²) >= 11 is 1.99. The predicted molar refractivity (Wildman–Crippen MR) is 215 cm³/mol. The minimum atomic E-state index is -0.762. The minimum Gasteiger partial charge on any atom is -0.326 e. The fourth-order valence-corrected chi connectivity index (χ4v) is 9.35. The lowest BCUT2D eigenvalue weighted by molar-refractivity contribution is 0.251. The molecule has 0 aromatic rings. The zero-order valence-electron chi connectivity index (χ0n) is 32.2. The van der Waals surface area contributed by atoms with Crippen molar-refractivity contribution in [3.8, 4) is 0 Å². The van der Waals surface area contributed by atoms with Crippen LogP contribution in [0.25, 0.3) is 0 Å². The van der Waals surface area contributed by atoms with E-state index in [-0.39, 0.29) is 0 Å². The van der Waals surface area contributed by atoms with E-state index < -0.39 is 7.58 Å². The molecule has 0 N–H and O–H groups in total. The summed E-state index contributed by atoms with van der Waals surface area (Å²) in [5.74, 6) is 1.21. The van der Waals surface area contributed by atoms with Gasteiger partial charge in [0.05, 0.1) is 13.2 Å². The molecular formula is C42H87O2PS. The molecule has 46 heavy (non-hydrogen) atoms. The summed E-state index contributed by atoms with van der Waals surface area (Å²) < 4.78 is 12.7. The van der Waals surface area contributed by atoms with Crippen LogP contribution in [-0.4, -0.2) is 19.0 Å². The molecule has 0 fully saturated rings. The van der Waals surface area contributed by atoms with Crippen LogP contribution in [0.3, 0.4) is 0 Å². The largest absolute Gasteiger partial charge is 0.326 e. The van der Waals surface area contributed by atoms with E-state index in [1.54, 1.807) is 0 Å². The highest BCUT2D eigenvalue weighted by Gasteiger charge is 2.11. The van der Waals surface area contributed by atoms with Crippen molar-refractivity contribution < 1.29 is 9.05 Å². The molecular weight excluding hydrogens is 600 g/mol. The fraction of sp³-hybridized carbons (Fsp3) is 1.00. The van der Waals surface area contributed by atoms with Crippen LogP contribution < -0.4 is 0 Å². The summed E-state index contributed by atoms with van der Waals surface area (Å²) in [6, 6.07) is 0. The van der Waals surface area contributed by atoms with Crippen molar-refractivity contribution in [2.24, 2.45) is 0 Å². The summed E-state index contributed by atoms with van der Waals surface area (Å²) in [4.78, 5) is 0. The molecule has 0 aliphatic heterocycles. The van der Waals surface area contributed by atoms with E-state index in [9.17, 15) is 0 Å². The highest BCUT2D eigenvalue weighted by atomic mass is 32.7. The molecule has 0 saturated heterocycles. The van der Waals surface area contributed by atoms with Crippen LogP contribution in [0.4, 0.5) is 0 Å². The highest BCUT2D eigenvalue weighted by molar-refractivity contribution is 8.52. The second kappa shape index (κ2) is 43.7. The number of rotatable bonds is 42. The Hall–Kier alpha value is 0.700. The third-order valence-electron chi connectivity index (χ3n) is 9.58. The first-order chi connectivity index (χ1) is 22.8. The van der Waals surface area contributed by atoms with E-state index in [2.05, 4.69) is 20.8 Å². The average Bonchev–Trinajstić information content (AvgIpc) is 3.07. The zero-order chi connectivity index (χ0) is 33.3. The Morgan fingerprint density at radius 2 is 0.500 bits per heavy atom. The first-order valence-corrected chi connectivity index (χ1v) is 24.3. The second-order valence-corrected chi connectivity index (χ2v) is 17.7. The lowest BCUT2D eigenvalue weighted by Crippen LogP contribution is -1.95. The maximum Gasteiger partial charge on any atom is 0.238 e. The van der Waals surface area contributed by atoms with Crippen LogP contribution in [0.5, 0.6) is 0 Å². The van der Waals surface area contributed by atoms with Crippen LogP contribution in [-0.2, 0) is 9.05 Å². The van der Waals surface area contributed by atoms with Gasteiger partial charge in [-0.15, -0.1) is 0 Å². The van der Waals surface area contributed by atoms with Gasteiger partial charge in [-0.2, -0.15) is 0 Å². The number of hydrogen-bond acceptors (Lipinski definition) is 3. The smallest absolute Gasteiger partial charge is 0.238 e. The number of unbranched alkanes of at least 4 members (excludes halogenated alkanes) is 33. The topological polar surface area (TPSA) is 18.5 Å². The number of hydrogen-bond donors (Lipinski definition) is 0. The molecule has 0 radical (unpaired) electrons. The minimum absolute atomic E-state index is 0.762. The molecule has 2 nitrogen and oxygen atoms in total. The van der Waals surface area contributed by atoms with E-state index in [4.69, 9.17) is 9.05 Å². The Morgan fingerprint density at radius 1 is 0.283 bits per heavy atom. The molecule has 4 heteroatoms. The van der Waals surface area contributed by atoms with E-state index in [0.717, 1.165) is 13.2 Å².